The van der Waals surface area contributed by atoms with E-state index in [0.717, 1.165) is 6.07 Å². The van der Waals surface area contributed by atoms with Gasteiger partial charge in [0, 0.05) is 31.7 Å². The average Bonchev–Trinajstić information content (AvgIpc) is 3.02. The fourth-order valence-corrected chi connectivity index (χ4v) is 5.25. The maximum absolute atomic E-state index is 15.4. The number of rotatable bonds is 14. The van der Waals surface area contributed by atoms with E-state index in [4.69, 9.17) is 16.6 Å². The van der Waals surface area contributed by atoms with Crippen molar-refractivity contribution in [2.45, 2.75) is 58.9 Å². The van der Waals surface area contributed by atoms with Gasteiger partial charge in [-0.3, -0.25) is 19.5 Å². The summed E-state index contributed by atoms with van der Waals surface area (Å²) >= 11 is 6.84. The van der Waals surface area contributed by atoms with E-state index in [1.165, 1.54) is 23.4 Å². The Kier molecular flexibility index (Phi) is 12.3. The molecule has 0 spiro atoms. The van der Waals surface area contributed by atoms with Crippen LogP contribution in [0.2, 0.25) is 5.02 Å². The van der Waals surface area contributed by atoms with E-state index < -0.39 is 5.82 Å². The summed E-state index contributed by atoms with van der Waals surface area (Å²) in [5.41, 5.74) is 2.36. The van der Waals surface area contributed by atoms with E-state index in [2.05, 4.69) is 26.9 Å². The molecule has 0 bridgehead atoms. The molecule has 1 aromatic carbocycles. The maximum Gasteiger partial charge on any atom is 0.220 e. The lowest BCUT2D eigenvalue weighted by Gasteiger charge is -2.34. The first-order valence-electron chi connectivity index (χ1n) is 14.6. The van der Waals surface area contributed by atoms with Crippen molar-refractivity contribution in [1.82, 2.24) is 25.2 Å². The highest BCUT2D eigenvalue weighted by molar-refractivity contribution is 6.33. The highest BCUT2D eigenvalue weighted by Gasteiger charge is 2.31. The molecule has 2 amide bonds. The standard InChI is InChI=1S/C33H38ClFN8O2/c1-8-9-12-42(22(6)16-38-18-44)32(37-7)25-14-26(34)30(24-11-10-23(15-36)13-27(24)35)41-33(25)43(19-45)31-28(20(2)3)39-17-40-29(31)21(4)5/h8,10-11,13-14,17-22H,1,9,12,16H2,2-7H3,(H,38,44)/b37-32+. The Hall–Kier alpha value is -4.69. The molecule has 0 aliphatic rings. The number of nitrogens with one attached hydrogen (secondary N) is 1. The Labute approximate surface area is 268 Å². The molecule has 0 aliphatic carbocycles. The normalized spacial score (nSPS) is 12.1. The number of halogens is 2. The number of aliphatic imine (C=N–C) groups is 1. The highest BCUT2D eigenvalue weighted by atomic mass is 35.5. The number of carbonyl (C=O) groups excluding carboxylic acids is 2. The molecule has 45 heavy (non-hydrogen) atoms. The highest BCUT2D eigenvalue weighted by Crippen LogP contribution is 2.40. The smallest absolute Gasteiger partial charge is 0.220 e. The van der Waals surface area contributed by atoms with Crippen LogP contribution in [0.15, 0.2) is 48.2 Å². The zero-order valence-corrected chi connectivity index (χ0v) is 27.1. The topological polar surface area (TPSA) is 127 Å². The van der Waals surface area contributed by atoms with Crippen LogP contribution < -0.4 is 10.2 Å². The molecule has 1 N–H and O–H groups in total. The van der Waals surface area contributed by atoms with E-state index in [1.807, 2.05) is 45.6 Å². The maximum atomic E-state index is 15.4. The van der Waals surface area contributed by atoms with Gasteiger partial charge in [0.15, 0.2) is 5.82 Å². The number of carbonyl (C=O) groups is 2. The minimum atomic E-state index is -0.695. The van der Waals surface area contributed by atoms with Gasteiger partial charge in [-0.15, -0.1) is 6.58 Å². The monoisotopic (exact) mass is 632 g/mol. The van der Waals surface area contributed by atoms with Gasteiger partial charge in [-0.25, -0.2) is 19.3 Å². The molecular weight excluding hydrogens is 595 g/mol. The van der Waals surface area contributed by atoms with Crippen LogP contribution in [-0.2, 0) is 9.59 Å². The molecule has 236 valence electrons. The second kappa shape index (κ2) is 15.9. The summed E-state index contributed by atoms with van der Waals surface area (Å²) in [5, 5.41) is 12.1. The van der Waals surface area contributed by atoms with Gasteiger partial charge < -0.3 is 10.2 Å². The molecule has 2 heterocycles. The first-order chi connectivity index (χ1) is 21.5. The molecule has 2 aromatic heterocycles. The summed E-state index contributed by atoms with van der Waals surface area (Å²) in [7, 11) is 1.61. The fourth-order valence-electron chi connectivity index (χ4n) is 5.00. The van der Waals surface area contributed by atoms with Gasteiger partial charge in [0.25, 0.3) is 0 Å². The number of hydrogen-bond acceptors (Lipinski definition) is 7. The number of amidine groups is 1. The minimum Gasteiger partial charge on any atom is -0.357 e. The lowest BCUT2D eigenvalue weighted by molar-refractivity contribution is -0.109. The lowest BCUT2D eigenvalue weighted by Crippen LogP contribution is -2.45. The van der Waals surface area contributed by atoms with E-state index in [0.29, 0.717) is 60.8 Å². The summed E-state index contributed by atoms with van der Waals surface area (Å²) in [5.74, 6) is -0.307. The third-order valence-electron chi connectivity index (χ3n) is 7.18. The van der Waals surface area contributed by atoms with Crippen LogP contribution in [0.3, 0.4) is 0 Å². The zero-order chi connectivity index (χ0) is 33.3. The quantitative estimate of drug-likeness (QED) is 0.0979. The van der Waals surface area contributed by atoms with Crippen molar-refractivity contribution in [2.24, 2.45) is 4.99 Å². The number of amides is 2. The van der Waals surface area contributed by atoms with Crippen LogP contribution in [0.4, 0.5) is 15.9 Å². The van der Waals surface area contributed by atoms with Crippen molar-refractivity contribution < 1.29 is 14.0 Å². The lowest BCUT2D eigenvalue weighted by atomic mass is 10.00. The Balaban J connectivity index is 2.46. The predicted octanol–water partition coefficient (Wildman–Crippen LogP) is 6.13. The molecular formula is C33H38ClFN8O2. The van der Waals surface area contributed by atoms with Gasteiger partial charge in [0.1, 0.15) is 18.0 Å². The Morgan fingerprint density at radius 1 is 1.16 bits per heavy atom. The third-order valence-corrected chi connectivity index (χ3v) is 7.47. The molecule has 1 atom stereocenters. The van der Waals surface area contributed by atoms with Crippen LogP contribution in [0, 0.1) is 17.1 Å². The average molecular weight is 633 g/mol. The van der Waals surface area contributed by atoms with E-state index in [-0.39, 0.29) is 45.5 Å². The number of nitrogens with zero attached hydrogens (tertiary/aromatic N) is 7. The first-order valence-corrected chi connectivity index (χ1v) is 14.9. The van der Waals surface area contributed by atoms with Gasteiger partial charge in [0.05, 0.1) is 45.0 Å². The Morgan fingerprint density at radius 3 is 2.33 bits per heavy atom. The number of pyridine rings is 1. The van der Waals surface area contributed by atoms with Crippen LogP contribution >= 0.6 is 11.6 Å². The molecule has 0 radical (unpaired) electrons. The number of aromatic nitrogens is 3. The second-order valence-corrected chi connectivity index (χ2v) is 11.4. The molecule has 3 aromatic rings. The Morgan fingerprint density at radius 2 is 1.82 bits per heavy atom. The molecule has 0 saturated heterocycles. The Bertz CT molecular complexity index is 1590. The van der Waals surface area contributed by atoms with Crippen LogP contribution in [0.5, 0.6) is 0 Å². The molecule has 3 rings (SSSR count). The molecule has 0 fully saturated rings. The molecule has 0 aliphatic heterocycles. The van der Waals surface area contributed by atoms with Crippen LogP contribution in [0.1, 0.15) is 75.4 Å². The van der Waals surface area contributed by atoms with Crippen molar-refractivity contribution in [3.05, 3.63) is 76.6 Å². The van der Waals surface area contributed by atoms with Crippen LogP contribution in [-0.4, -0.2) is 64.7 Å². The summed E-state index contributed by atoms with van der Waals surface area (Å²) < 4.78 is 15.4. The zero-order valence-electron chi connectivity index (χ0n) is 26.4. The van der Waals surface area contributed by atoms with Crippen molar-refractivity contribution in [2.75, 3.05) is 25.0 Å². The number of benzene rings is 1. The van der Waals surface area contributed by atoms with Gasteiger partial charge >= 0.3 is 0 Å². The van der Waals surface area contributed by atoms with Crippen molar-refractivity contribution in [3.63, 3.8) is 0 Å². The molecule has 10 nitrogen and oxygen atoms in total. The summed E-state index contributed by atoms with van der Waals surface area (Å²) in [6.45, 7) is 14.4. The largest absolute Gasteiger partial charge is 0.357 e. The van der Waals surface area contributed by atoms with E-state index >= 15 is 4.39 Å². The first kappa shape index (κ1) is 34.8. The number of anilines is 2. The van der Waals surface area contributed by atoms with Crippen molar-refractivity contribution in [3.8, 4) is 17.3 Å². The van der Waals surface area contributed by atoms with Crippen molar-refractivity contribution >= 4 is 41.8 Å². The third kappa shape index (κ3) is 7.70. The fraction of sp³-hybridized carbons (Fsp3) is 0.364. The second-order valence-electron chi connectivity index (χ2n) is 11.0. The van der Waals surface area contributed by atoms with E-state index in [1.54, 1.807) is 19.2 Å². The summed E-state index contributed by atoms with van der Waals surface area (Å²) in [6.07, 6.45) is 5.09. The van der Waals surface area contributed by atoms with Gasteiger partial charge in [-0.05, 0) is 49.4 Å². The molecule has 0 saturated carbocycles. The van der Waals surface area contributed by atoms with Gasteiger partial charge in [-0.2, -0.15) is 5.26 Å². The number of nitriles is 1. The SMILES string of the molecule is C=CCCN(/C(=N/C)c1cc(Cl)c(-c2ccc(C#N)cc2F)nc1N(C=O)c1c(C(C)C)ncnc1C(C)C)C(C)CNC=O. The van der Waals surface area contributed by atoms with Gasteiger partial charge in [-0.1, -0.05) is 45.4 Å². The molecule has 1 unspecified atom stereocenters. The summed E-state index contributed by atoms with van der Waals surface area (Å²) in [4.78, 5) is 46.2. The van der Waals surface area contributed by atoms with Crippen LogP contribution in [0.25, 0.3) is 11.3 Å². The van der Waals surface area contributed by atoms with Crippen molar-refractivity contribution in [1.29, 1.82) is 5.26 Å². The molecule has 12 heteroatoms. The predicted molar refractivity (Wildman–Crippen MR) is 175 cm³/mol. The summed E-state index contributed by atoms with van der Waals surface area (Å²) in [6, 6.07) is 7.29. The van der Waals surface area contributed by atoms with Gasteiger partial charge in [0.2, 0.25) is 12.8 Å². The van der Waals surface area contributed by atoms with E-state index in [9.17, 15) is 14.9 Å². The minimum absolute atomic E-state index is 0.0529. The number of hydrogen-bond donors (Lipinski definition) is 1.